The Hall–Kier alpha value is -0.473. The minimum atomic E-state index is -1.70. The number of rotatable bonds is 8. The first-order valence-corrected chi connectivity index (χ1v) is 13.6. The van der Waals surface area contributed by atoms with Crippen molar-refractivity contribution in [3.8, 4) is 0 Å². The summed E-state index contributed by atoms with van der Waals surface area (Å²) in [5.41, 5.74) is 0.995. The standard InChI is InChI=1S/C21H42N2O4Si/c1-20(2,3)28(7,8)26-14-10-12-19-18(16-25-21(4,5)27-19)22-23-13-9-11-17(23)15-24-6/h17,19H,9-16H2,1-8H3/b22-18+/t17-,19?/m0/s1. The molecular formula is C21H42N2O4Si. The molecule has 7 heteroatoms. The molecule has 0 aliphatic carbocycles. The molecule has 0 saturated carbocycles. The zero-order valence-electron chi connectivity index (χ0n) is 19.3. The second-order valence-corrected chi connectivity index (χ2v) is 14.9. The van der Waals surface area contributed by atoms with E-state index in [4.69, 9.17) is 23.7 Å². The van der Waals surface area contributed by atoms with Gasteiger partial charge in [-0.25, -0.2) is 0 Å². The molecule has 0 aromatic carbocycles. The molecule has 2 heterocycles. The van der Waals surface area contributed by atoms with Crippen molar-refractivity contribution in [1.29, 1.82) is 0 Å². The first-order chi connectivity index (χ1) is 13.0. The first-order valence-electron chi connectivity index (χ1n) is 10.7. The van der Waals surface area contributed by atoms with E-state index in [0.717, 1.165) is 51.2 Å². The predicted molar refractivity (Wildman–Crippen MR) is 116 cm³/mol. The van der Waals surface area contributed by atoms with Gasteiger partial charge in [0, 0.05) is 20.3 Å². The number of ether oxygens (including phenoxy) is 3. The summed E-state index contributed by atoms with van der Waals surface area (Å²) < 4.78 is 23.8. The Morgan fingerprint density at radius 2 is 2.00 bits per heavy atom. The molecule has 2 saturated heterocycles. The zero-order chi connectivity index (χ0) is 21.0. The van der Waals surface area contributed by atoms with Gasteiger partial charge in [-0.1, -0.05) is 20.8 Å². The molecule has 0 aromatic heterocycles. The number of hydrogen-bond acceptors (Lipinski definition) is 6. The second kappa shape index (κ2) is 9.56. The number of hydrogen-bond donors (Lipinski definition) is 0. The molecule has 0 aromatic rings. The monoisotopic (exact) mass is 414 g/mol. The van der Waals surface area contributed by atoms with Gasteiger partial charge in [0.15, 0.2) is 14.1 Å². The molecule has 0 amide bonds. The highest BCUT2D eigenvalue weighted by molar-refractivity contribution is 6.74. The summed E-state index contributed by atoms with van der Waals surface area (Å²) in [5.74, 6) is -0.569. The van der Waals surface area contributed by atoms with Crippen LogP contribution in [-0.2, 0) is 18.6 Å². The molecule has 2 fully saturated rings. The van der Waals surface area contributed by atoms with E-state index in [-0.39, 0.29) is 11.1 Å². The van der Waals surface area contributed by atoms with Crippen molar-refractivity contribution in [3.63, 3.8) is 0 Å². The van der Waals surface area contributed by atoms with Gasteiger partial charge in [-0.05, 0) is 57.7 Å². The van der Waals surface area contributed by atoms with Crippen molar-refractivity contribution in [2.24, 2.45) is 5.10 Å². The molecule has 28 heavy (non-hydrogen) atoms. The number of hydrazone groups is 1. The Labute approximate surface area is 173 Å². The fraction of sp³-hybridized carbons (Fsp3) is 0.952. The van der Waals surface area contributed by atoms with Crippen LogP contribution in [0.4, 0.5) is 0 Å². The SMILES string of the molecule is COC[C@@H]1CCCN1/N=C1\COC(C)(C)OC1CCCO[Si](C)(C)C(C)(C)C. The Bertz CT molecular complexity index is 531. The highest BCUT2D eigenvalue weighted by atomic mass is 28.4. The summed E-state index contributed by atoms with van der Waals surface area (Å²) >= 11 is 0. The van der Waals surface area contributed by atoms with Gasteiger partial charge < -0.3 is 18.6 Å². The third-order valence-corrected chi connectivity index (χ3v) is 10.7. The minimum absolute atomic E-state index is 0.0180. The maximum atomic E-state index is 6.34. The van der Waals surface area contributed by atoms with E-state index in [0.29, 0.717) is 12.6 Å². The van der Waals surface area contributed by atoms with Gasteiger partial charge in [0.2, 0.25) is 0 Å². The van der Waals surface area contributed by atoms with Crippen LogP contribution < -0.4 is 0 Å². The highest BCUT2D eigenvalue weighted by Gasteiger charge is 2.38. The van der Waals surface area contributed by atoms with Crippen LogP contribution >= 0.6 is 0 Å². The van der Waals surface area contributed by atoms with Crippen LogP contribution in [0.3, 0.4) is 0 Å². The summed E-state index contributed by atoms with van der Waals surface area (Å²) in [6.45, 7) is 18.4. The molecule has 0 spiro atoms. The molecule has 2 aliphatic heterocycles. The van der Waals surface area contributed by atoms with Crippen LogP contribution in [0.15, 0.2) is 5.10 Å². The third kappa shape index (κ3) is 6.52. The summed E-state index contributed by atoms with van der Waals surface area (Å²) in [6, 6.07) is 0.356. The first kappa shape index (κ1) is 23.8. The largest absolute Gasteiger partial charge is 0.417 e. The lowest BCUT2D eigenvalue weighted by Crippen LogP contribution is -2.47. The minimum Gasteiger partial charge on any atom is -0.417 e. The van der Waals surface area contributed by atoms with Crippen LogP contribution in [0.25, 0.3) is 0 Å². The average Bonchev–Trinajstić information content (AvgIpc) is 3.00. The van der Waals surface area contributed by atoms with Gasteiger partial charge in [0.1, 0.15) is 6.10 Å². The van der Waals surface area contributed by atoms with Crippen LogP contribution in [0.5, 0.6) is 0 Å². The Balaban J connectivity index is 1.96. The smallest absolute Gasteiger partial charge is 0.191 e. The lowest BCUT2D eigenvalue weighted by Gasteiger charge is -2.38. The topological polar surface area (TPSA) is 52.5 Å². The predicted octanol–water partition coefficient (Wildman–Crippen LogP) is 4.41. The molecule has 6 nitrogen and oxygen atoms in total. The van der Waals surface area contributed by atoms with E-state index in [1.54, 1.807) is 7.11 Å². The highest BCUT2D eigenvalue weighted by Crippen LogP contribution is 2.36. The molecule has 0 bridgehead atoms. The van der Waals surface area contributed by atoms with Crippen LogP contribution in [0.2, 0.25) is 18.1 Å². The molecule has 1 unspecified atom stereocenters. The number of nitrogens with zero attached hydrogens (tertiary/aromatic N) is 2. The lowest BCUT2D eigenvalue weighted by molar-refractivity contribution is -0.236. The van der Waals surface area contributed by atoms with Crippen LogP contribution in [0.1, 0.15) is 60.3 Å². The molecule has 2 atom stereocenters. The van der Waals surface area contributed by atoms with Gasteiger partial charge in [-0.15, -0.1) is 0 Å². The summed E-state index contributed by atoms with van der Waals surface area (Å²) in [5, 5.41) is 7.35. The Kier molecular flexibility index (Phi) is 8.12. The van der Waals surface area contributed by atoms with Crippen LogP contribution in [-0.4, -0.2) is 70.4 Å². The van der Waals surface area contributed by atoms with Gasteiger partial charge in [0.25, 0.3) is 0 Å². The molecular weight excluding hydrogens is 372 g/mol. The van der Waals surface area contributed by atoms with Crippen molar-refractivity contribution < 1.29 is 18.6 Å². The number of methoxy groups -OCH3 is 1. The third-order valence-electron chi connectivity index (χ3n) is 6.21. The van der Waals surface area contributed by atoms with Crippen molar-refractivity contribution in [2.75, 3.05) is 33.5 Å². The molecule has 0 radical (unpaired) electrons. The molecule has 164 valence electrons. The summed E-state index contributed by atoms with van der Waals surface area (Å²) in [7, 11) is 0.0515. The summed E-state index contributed by atoms with van der Waals surface area (Å²) in [6.07, 6.45) is 4.14. The van der Waals surface area contributed by atoms with Crippen molar-refractivity contribution in [3.05, 3.63) is 0 Å². The van der Waals surface area contributed by atoms with Crippen molar-refractivity contribution >= 4 is 14.0 Å². The lowest BCUT2D eigenvalue weighted by atomic mass is 10.1. The van der Waals surface area contributed by atoms with Gasteiger partial charge in [0.05, 0.1) is 25.0 Å². The van der Waals surface area contributed by atoms with E-state index in [1.807, 2.05) is 13.8 Å². The van der Waals surface area contributed by atoms with Crippen LogP contribution in [0, 0.1) is 0 Å². The van der Waals surface area contributed by atoms with Gasteiger partial charge >= 0.3 is 0 Å². The van der Waals surface area contributed by atoms with E-state index in [1.165, 1.54) is 0 Å². The quantitative estimate of drug-likeness (QED) is 0.435. The molecule has 2 rings (SSSR count). The zero-order valence-corrected chi connectivity index (χ0v) is 20.3. The normalized spacial score (nSPS) is 27.6. The van der Waals surface area contributed by atoms with Crippen molar-refractivity contribution in [2.45, 2.75) is 96.4 Å². The van der Waals surface area contributed by atoms with E-state index >= 15 is 0 Å². The Morgan fingerprint density at radius 1 is 1.29 bits per heavy atom. The van der Waals surface area contributed by atoms with E-state index in [9.17, 15) is 0 Å². The average molecular weight is 415 g/mol. The van der Waals surface area contributed by atoms with E-state index in [2.05, 4.69) is 38.9 Å². The molecule has 0 N–H and O–H groups in total. The maximum absolute atomic E-state index is 6.34. The van der Waals surface area contributed by atoms with E-state index < -0.39 is 14.1 Å². The second-order valence-electron chi connectivity index (χ2n) is 10.1. The maximum Gasteiger partial charge on any atom is 0.191 e. The molecule has 2 aliphatic rings. The fourth-order valence-electron chi connectivity index (χ4n) is 3.40. The fourth-order valence-corrected chi connectivity index (χ4v) is 4.48. The van der Waals surface area contributed by atoms with Crippen molar-refractivity contribution in [1.82, 2.24) is 5.01 Å². The van der Waals surface area contributed by atoms with Gasteiger partial charge in [-0.2, -0.15) is 5.10 Å². The summed E-state index contributed by atoms with van der Waals surface area (Å²) in [4.78, 5) is 0. The van der Waals surface area contributed by atoms with Gasteiger partial charge in [-0.3, -0.25) is 5.01 Å². The Morgan fingerprint density at radius 3 is 2.64 bits per heavy atom.